The molecule has 2 aromatic rings. The third-order valence-electron chi connectivity index (χ3n) is 3.81. The fraction of sp³-hybridized carbons (Fsp3) is 0.533. The molecule has 1 aliphatic rings. The molecule has 5 nitrogen and oxygen atoms in total. The molecule has 2 aromatic heterocycles. The van der Waals surface area contributed by atoms with E-state index in [1.807, 2.05) is 13.8 Å². The van der Waals surface area contributed by atoms with Crippen molar-refractivity contribution in [3.05, 3.63) is 20.8 Å². The minimum Gasteiger partial charge on any atom is -0.355 e. The number of rotatable bonds is 4. The van der Waals surface area contributed by atoms with E-state index in [-0.39, 0.29) is 16.7 Å². The van der Waals surface area contributed by atoms with Gasteiger partial charge in [-0.05, 0) is 45.1 Å². The highest BCUT2D eigenvalue weighted by Crippen LogP contribution is 2.34. The summed E-state index contributed by atoms with van der Waals surface area (Å²) >= 11 is 2.92. The van der Waals surface area contributed by atoms with Crippen molar-refractivity contribution < 1.29 is 4.79 Å². The van der Waals surface area contributed by atoms with Crippen LogP contribution in [0.3, 0.4) is 0 Å². The van der Waals surface area contributed by atoms with E-state index >= 15 is 0 Å². The number of hydrogen-bond acceptors (Lipinski definition) is 5. The Hall–Kier alpha value is -1.34. The molecule has 0 saturated heterocycles. The summed E-state index contributed by atoms with van der Waals surface area (Å²) < 4.78 is 0. The van der Waals surface area contributed by atoms with Gasteiger partial charge >= 0.3 is 0 Å². The van der Waals surface area contributed by atoms with E-state index in [9.17, 15) is 9.59 Å². The monoisotopic (exact) mass is 337 g/mol. The van der Waals surface area contributed by atoms with E-state index in [1.165, 1.54) is 28.6 Å². The van der Waals surface area contributed by atoms with E-state index in [4.69, 9.17) is 0 Å². The predicted octanol–water partition coefficient (Wildman–Crippen LogP) is 2.48. The quantitative estimate of drug-likeness (QED) is 0.664. The smallest absolute Gasteiger partial charge is 0.260 e. The molecule has 0 radical (unpaired) electrons. The molecule has 0 fully saturated rings. The van der Waals surface area contributed by atoms with Gasteiger partial charge in [-0.1, -0.05) is 11.8 Å². The first-order valence-electron chi connectivity index (χ1n) is 7.59. The lowest BCUT2D eigenvalue weighted by Crippen LogP contribution is -2.30. The summed E-state index contributed by atoms with van der Waals surface area (Å²) in [4.78, 5) is 33.7. The molecule has 1 atom stereocenters. The second kappa shape index (κ2) is 6.42. The van der Waals surface area contributed by atoms with Crippen LogP contribution in [-0.4, -0.2) is 27.7 Å². The summed E-state index contributed by atoms with van der Waals surface area (Å²) in [6, 6.07) is 0. The molecular formula is C15H19N3O2S2. The average Bonchev–Trinajstić information content (AvgIpc) is 2.85. The van der Waals surface area contributed by atoms with E-state index < -0.39 is 0 Å². The van der Waals surface area contributed by atoms with Gasteiger partial charge in [0.1, 0.15) is 4.83 Å². The number of thioether (sulfide) groups is 1. The van der Waals surface area contributed by atoms with Crippen molar-refractivity contribution >= 4 is 39.2 Å². The third-order valence-corrected chi connectivity index (χ3v) is 5.98. The summed E-state index contributed by atoms with van der Waals surface area (Å²) in [6.45, 7) is 4.31. The van der Waals surface area contributed by atoms with Gasteiger partial charge in [-0.15, -0.1) is 11.3 Å². The van der Waals surface area contributed by atoms with Gasteiger partial charge in [-0.2, -0.15) is 0 Å². The number of nitrogens with zero attached hydrogens (tertiary/aromatic N) is 1. The number of hydrogen-bond donors (Lipinski definition) is 2. The minimum atomic E-state index is -0.282. The molecule has 2 heterocycles. The standard InChI is InChI=1S/C15H19N3O2S2/c1-3-16-12(19)8(2)21-15-17-13(20)11-9-6-4-5-7-10(9)22-14(11)18-15/h8H,3-7H2,1-2H3,(H,16,19)(H,17,18,20)/t8-/m1/s1. The molecule has 0 saturated carbocycles. The zero-order valence-electron chi connectivity index (χ0n) is 12.7. The number of aryl methyl sites for hydroxylation is 2. The maximum Gasteiger partial charge on any atom is 0.260 e. The predicted molar refractivity (Wildman–Crippen MR) is 90.9 cm³/mol. The van der Waals surface area contributed by atoms with Crippen LogP contribution in [0, 0.1) is 0 Å². The molecule has 1 aliphatic carbocycles. The summed E-state index contributed by atoms with van der Waals surface area (Å²) in [6.07, 6.45) is 4.35. The Bertz CT molecular complexity index is 766. The number of carbonyl (C=O) groups excluding carboxylic acids is 1. The highest BCUT2D eigenvalue weighted by Gasteiger charge is 2.21. The highest BCUT2D eigenvalue weighted by atomic mass is 32.2. The molecule has 0 unspecified atom stereocenters. The first-order chi connectivity index (χ1) is 10.6. The molecular weight excluding hydrogens is 318 g/mol. The molecule has 0 spiro atoms. The van der Waals surface area contributed by atoms with Crippen molar-refractivity contribution in [2.45, 2.75) is 49.9 Å². The van der Waals surface area contributed by atoms with Gasteiger partial charge in [-0.25, -0.2) is 4.98 Å². The lowest BCUT2D eigenvalue weighted by Gasteiger charge is -2.10. The zero-order valence-corrected chi connectivity index (χ0v) is 14.3. The van der Waals surface area contributed by atoms with Crippen LogP contribution in [0.15, 0.2) is 9.95 Å². The van der Waals surface area contributed by atoms with Crippen LogP contribution in [-0.2, 0) is 17.6 Å². The Morgan fingerprint density at radius 3 is 3.00 bits per heavy atom. The second-order valence-corrected chi connectivity index (χ2v) is 7.83. The minimum absolute atomic E-state index is 0.0410. The van der Waals surface area contributed by atoms with Crippen LogP contribution in [0.1, 0.15) is 37.1 Å². The Morgan fingerprint density at radius 2 is 2.23 bits per heavy atom. The number of aromatic amines is 1. The van der Waals surface area contributed by atoms with E-state index in [2.05, 4.69) is 15.3 Å². The van der Waals surface area contributed by atoms with Crippen LogP contribution < -0.4 is 10.9 Å². The average molecular weight is 337 g/mol. The van der Waals surface area contributed by atoms with Gasteiger partial charge < -0.3 is 10.3 Å². The number of thiophene rings is 1. The first kappa shape index (κ1) is 15.6. The van der Waals surface area contributed by atoms with Crippen LogP contribution in [0.4, 0.5) is 0 Å². The zero-order chi connectivity index (χ0) is 15.7. The van der Waals surface area contributed by atoms with Gasteiger partial charge in [0.15, 0.2) is 5.16 Å². The summed E-state index contributed by atoms with van der Waals surface area (Å²) in [5.74, 6) is -0.0410. The number of aromatic nitrogens is 2. The van der Waals surface area contributed by atoms with E-state index in [1.54, 1.807) is 11.3 Å². The van der Waals surface area contributed by atoms with Gasteiger partial charge in [0.25, 0.3) is 5.56 Å². The number of fused-ring (bicyclic) bond motifs is 3. The molecule has 0 aromatic carbocycles. The number of H-pyrrole nitrogens is 1. The fourth-order valence-electron chi connectivity index (χ4n) is 2.74. The Morgan fingerprint density at radius 1 is 1.45 bits per heavy atom. The molecule has 118 valence electrons. The fourth-order valence-corrected chi connectivity index (χ4v) is 4.88. The van der Waals surface area contributed by atoms with E-state index in [0.29, 0.717) is 11.7 Å². The Labute approximate surface area is 136 Å². The van der Waals surface area contributed by atoms with Crippen LogP contribution >= 0.6 is 23.1 Å². The molecule has 0 bridgehead atoms. The maximum atomic E-state index is 12.4. The normalized spacial score (nSPS) is 15.5. The summed E-state index contributed by atoms with van der Waals surface area (Å²) in [5.41, 5.74) is 1.11. The molecule has 3 rings (SSSR count). The van der Waals surface area contributed by atoms with Gasteiger partial charge in [0.2, 0.25) is 5.91 Å². The van der Waals surface area contributed by atoms with Crippen molar-refractivity contribution in [1.82, 2.24) is 15.3 Å². The van der Waals surface area contributed by atoms with Gasteiger partial charge in [-0.3, -0.25) is 9.59 Å². The summed E-state index contributed by atoms with van der Waals surface area (Å²) in [7, 11) is 0. The Balaban J connectivity index is 1.93. The third kappa shape index (κ3) is 2.92. The molecule has 7 heteroatoms. The molecule has 0 aliphatic heterocycles. The molecule has 1 amide bonds. The highest BCUT2D eigenvalue weighted by molar-refractivity contribution is 8.00. The first-order valence-corrected chi connectivity index (χ1v) is 9.28. The van der Waals surface area contributed by atoms with Crippen molar-refractivity contribution in [2.24, 2.45) is 0 Å². The van der Waals surface area contributed by atoms with Gasteiger partial charge in [0.05, 0.1) is 10.6 Å². The van der Waals surface area contributed by atoms with Crippen molar-refractivity contribution in [2.75, 3.05) is 6.54 Å². The molecule has 22 heavy (non-hydrogen) atoms. The van der Waals surface area contributed by atoms with Crippen LogP contribution in [0.2, 0.25) is 0 Å². The van der Waals surface area contributed by atoms with E-state index in [0.717, 1.165) is 29.5 Å². The Kier molecular flexibility index (Phi) is 4.54. The van der Waals surface area contributed by atoms with Crippen LogP contribution in [0.25, 0.3) is 10.2 Å². The number of amides is 1. The summed E-state index contributed by atoms with van der Waals surface area (Å²) in [5, 5.41) is 3.78. The SMILES string of the molecule is CCNC(=O)[C@@H](C)Sc1nc2sc3c(c2c(=O)[nH]1)CCCC3. The van der Waals surface area contributed by atoms with Crippen LogP contribution in [0.5, 0.6) is 0 Å². The maximum absolute atomic E-state index is 12.4. The number of nitrogens with one attached hydrogen (secondary N) is 2. The van der Waals surface area contributed by atoms with Crippen molar-refractivity contribution in [1.29, 1.82) is 0 Å². The molecule has 2 N–H and O–H groups in total. The van der Waals surface area contributed by atoms with Crippen molar-refractivity contribution in [3.63, 3.8) is 0 Å². The lowest BCUT2D eigenvalue weighted by atomic mass is 9.97. The van der Waals surface area contributed by atoms with Crippen molar-refractivity contribution in [3.8, 4) is 0 Å². The van der Waals surface area contributed by atoms with Gasteiger partial charge in [0, 0.05) is 11.4 Å². The number of carbonyl (C=O) groups is 1. The largest absolute Gasteiger partial charge is 0.355 e. The second-order valence-electron chi connectivity index (χ2n) is 5.42. The topological polar surface area (TPSA) is 74.8 Å². The lowest BCUT2D eigenvalue weighted by molar-refractivity contribution is -0.120.